The quantitative estimate of drug-likeness (QED) is 0.292. The van der Waals surface area contributed by atoms with Crippen LogP contribution in [0.5, 0.6) is 11.5 Å². The lowest BCUT2D eigenvalue weighted by atomic mass is 9.95. The Morgan fingerprint density at radius 2 is 1.71 bits per heavy atom. The maximum absolute atomic E-state index is 13.4. The molecule has 1 aliphatic heterocycles. The van der Waals surface area contributed by atoms with Gasteiger partial charge in [-0.1, -0.05) is 12.1 Å². The molecule has 2 aromatic carbocycles. The lowest BCUT2D eigenvalue weighted by molar-refractivity contribution is -0.132. The molecule has 1 atom stereocenters. The molecule has 3 aromatic rings. The molecule has 2 heterocycles. The number of aliphatic hydroxyl groups excluding tert-OH is 1. The zero-order chi connectivity index (χ0) is 25.1. The highest BCUT2D eigenvalue weighted by Crippen LogP contribution is 2.44. The first-order valence-electron chi connectivity index (χ1n) is 11.6. The van der Waals surface area contributed by atoms with Crippen LogP contribution in [0.4, 0.5) is 5.69 Å². The van der Waals surface area contributed by atoms with Crippen LogP contribution in [0.2, 0.25) is 0 Å². The monoisotopic (exact) mass is 472 g/mol. The summed E-state index contributed by atoms with van der Waals surface area (Å²) in [5.74, 6) is -0.826. The molecule has 0 spiro atoms. The summed E-state index contributed by atoms with van der Waals surface area (Å²) >= 11 is 0. The SMILES string of the molecule is CCOc1ccc(/C(O)=C2\C(=O)C(=O)N(c3cccc(C)c3C)C2c2ccncc2)c(OCC)c1. The van der Waals surface area contributed by atoms with Gasteiger partial charge in [-0.15, -0.1) is 0 Å². The van der Waals surface area contributed by atoms with Crippen LogP contribution in [0.1, 0.15) is 42.1 Å². The molecule has 1 N–H and O–H groups in total. The van der Waals surface area contributed by atoms with E-state index in [1.807, 2.05) is 45.9 Å². The van der Waals surface area contributed by atoms with E-state index >= 15 is 0 Å². The van der Waals surface area contributed by atoms with Crippen LogP contribution in [0.15, 0.2) is 66.5 Å². The van der Waals surface area contributed by atoms with Crippen molar-refractivity contribution >= 4 is 23.1 Å². The van der Waals surface area contributed by atoms with Crippen LogP contribution in [0, 0.1) is 13.8 Å². The van der Waals surface area contributed by atoms with Gasteiger partial charge in [0.15, 0.2) is 0 Å². The number of Topliss-reactive ketones (excluding diaryl/α,β-unsaturated/α-hetero) is 1. The van der Waals surface area contributed by atoms with E-state index in [1.54, 1.807) is 42.7 Å². The fourth-order valence-electron chi connectivity index (χ4n) is 4.31. The molecule has 1 aliphatic rings. The summed E-state index contributed by atoms with van der Waals surface area (Å²) < 4.78 is 11.3. The molecule has 7 nitrogen and oxygen atoms in total. The third kappa shape index (κ3) is 4.37. The van der Waals surface area contributed by atoms with Crippen LogP contribution < -0.4 is 14.4 Å². The predicted molar refractivity (Wildman–Crippen MR) is 134 cm³/mol. The molecule has 1 fully saturated rings. The second-order valence-corrected chi connectivity index (χ2v) is 8.19. The van der Waals surface area contributed by atoms with Crippen molar-refractivity contribution in [2.45, 2.75) is 33.7 Å². The second kappa shape index (κ2) is 10.0. The number of hydrogen-bond acceptors (Lipinski definition) is 6. The van der Waals surface area contributed by atoms with E-state index in [1.165, 1.54) is 4.90 Å². The number of ether oxygens (including phenoxy) is 2. The van der Waals surface area contributed by atoms with Gasteiger partial charge in [-0.05, 0) is 74.7 Å². The van der Waals surface area contributed by atoms with E-state index in [9.17, 15) is 14.7 Å². The molecule has 0 aliphatic carbocycles. The maximum atomic E-state index is 13.4. The average Bonchev–Trinajstić information content (AvgIpc) is 3.12. The van der Waals surface area contributed by atoms with Crippen molar-refractivity contribution in [1.82, 2.24) is 4.98 Å². The minimum atomic E-state index is -0.834. The molecule has 0 radical (unpaired) electrons. The number of hydrogen-bond donors (Lipinski definition) is 1. The predicted octanol–water partition coefficient (Wildman–Crippen LogP) is 5.12. The first-order valence-corrected chi connectivity index (χ1v) is 11.6. The number of aromatic nitrogens is 1. The van der Waals surface area contributed by atoms with Crippen molar-refractivity contribution in [2.24, 2.45) is 0 Å². The van der Waals surface area contributed by atoms with E-state index in [-0.39, 0.29) is 11.3 Å². The third-order valence-electron chi connectivity index (χ3n) is 6.12. The molecule has 180 valence electrons. The zero-order valence-electron chi connectivity index (χ0n) is 20.2. The molecule has 4 rings (SSSR count). The van der Waals surface area contributed by atoms with E-state index in [2.05, 4.69) is 4.98 Å². The van der Waals surface area contributed by atoms with E-state index in [4.69, 9.17) is 9.47 Å². The van der Waals surface area contributed by atoms with Crippen LogP contribution in [-0.4, -0.2) is 35.0 Å². The fourth-order valence-corrected chi connectivity index (χ4v) is 4.31. The number of anilines is 1. The van der Waals surface area contributed by atoms with Gasteiger partial charge in [-0.25, -0.2) is 0 Å². The van der Waals surface area contributed by atoms with Gasteiger partial charge in [0.1, 0.15) is 17.3 Å². The Hall–Kier alpha value is -4.13. The van der Waals surface area contributed by atoms with Crippen molar-refractivity contribution < 1.29 is 24.2 Å². The number of nitrogens with zero attached hydrogens (tertiary/aromatic N) is 2. The summed E-state index contributed by atoms with van der Waals surface area (Å²) in [7, 11) is 0. The summed E-state index contributed by atoms with van der Waals surface area (Å²) in [5, 5.41) is 11.5. The average molecular weight is 473 g/mol. The molecule has 7 heteroatoms. The molecular weight excluding hydrogens is 444 g/mol. The van der Waals surface area contributed by atoms with Crippen molar-refractivity contribution in [3.8, 4) is 11.5 Å². The summed E-state index contributed by atoms with van der Waals surface area (Å²) in [6.07, 6.45) is 3.20. The summed E-state index contributed by atoms with van der Waals surface area (Å²) in [5.41, 5.74) is 3.45. The largest absolute Gasteiger partial charge is 0.507 e. The third-order valence-corrected chi connectivity index (χ3v) is 6.12. The normalized spacial score (nSPS) is 17.0. The van der Waals surface area contributed by atoms with E-state index in [0.717, 1.165) is 11.1 Å². The molecular formula is C28H28N2O5. The van der Waals surface area contributed by atoms with Gasteiger partial charge in [-0.3, -0.25) is 19.5 Å². The number of benzene rings is 2. The summed E-state index contributed by atoms with van der Waals surface area (Å²) in [4.78, 5) is 32.4. The van der Waals surface area contributed by atoms with Crippen molar-refractivity contribution in [1.29, 1.82) is 0 Å². The molecule has 35 heavy (non-hydrogen) atoms. The Balaban J connectivity index is 1.96. The number of ketones is 1. The number of carbonyl (C=O) groups is 2. The Morgan fingerprint density at radius 3 is 2.40 bits per heavy atom. The molecule has 1 unspecified atom stereocenters. The molecule has 1 aromatic heterocycles. The molecule has 0 saturated carbocycles. The van der Waals surface area contributed by atoms with Gasteiger partial charge in [0.25, 0.3) is 11.7 Å². The van der Waals surface area contributed by atoms with Gasteiger partial charge in [0, 0.05) is 24.1 Å². The van der Waals surface area contributed by atoms with Gasteiger partial charge in [0.2, 0.25) is 0 Å². The molecule has 0 bridgehead atoms. The van der Waals surface area contributed by atoms with Crippen LogP contribution in [0.25, 0.3) is 5.76 Å². The lowest BCUT2D eigenvalue weighted by Gasteiger charge is -2.27. The van der Waals surface area contributed by atoms with Crippen molar-refractivity contribution in [2.75, 3.05) is 18.1 Å². The zero-order valence-corrected chi connectivity index (χ0v) is 20.2. The van der Waals surface area contributed by atoms with Crippen LogP contribution >= 0.6 is 0 Å². The highest BCUT2D eigenvalue weighted by atomic mass is 16.5. The number of pyridine rings is 1. The standard InChI is InChI=1S/C28H28N2O5/c1-5-34-20-10-11-21(23(16-20)35-6-2)26(31)24-25(19-12-14-29-15-13-19)30(28(33)27(24)32)22-9-7-8-17(3)18(22)4/h7-16,25,31H,5-6H2,1-4H3/b26-24+. The summed E-state index contributed by atoms with van der Waals surface area (Å²) in [6.45, 7) is 8.38. The minimum Gasteiger partial charge on any atom is -0.507 e. The summed E-state index contributed by atoms with van der Waals surface area (Å²) in [6, 6.07) is 13.3. The molecule has 1 amide bonds. The Kier molecular flexibility index (Phi) is 6.87. The van der Waals surface area contributed by atoms with Gasteiger partial charge in [-0.2, -0.15) is 0 Å². The van der Waals surface area contributed by atoms with E-state index < -0.39 is 17.7 Å². The van der Waals surface area contributed by atoms with Crippen molar-refractivity contribution in [3.05, 3.63) is 88.8 Å². The van der Waals surface area contributed by atoms with E-state index in [0.29, 0.717) is 41.5 Å². The highest BCUT2D eigenvalue weighted by Gasteiger charge is 2.47. The Labute approximate surface area is 204 Å². The Bertz CT molecular complexity index is 1300. The topological polar surface area (TPSA) is 89.0 Å². The first kappa shape index (κ1) is 24.0. The number of amides is 1. The molecule has 1 saturated heterocycles. The van der Waals surface area contributed by atoms with Gasteiger partial charge in [0.05, 0.1) is 30.4 Å². The lowest BCUT2D eigenvalue weighted by Crippen LogP contribution is -2.30. The number of aliphatic hydroxyl groups is 1. The van der Waals surface area contributed by atoms with Gasteiger partial charge < -0.3 is 14.6 Å². The van der Waals surface area contributed by atoms with Crippen LogP contribution in [-0.2, 0) is 9.59 Å². The van der Waals surface area contributed by atoms with Crippen molar-refractivity contribution in [3.63, 3.8) is 0 Å². The fraction of sp³-hybridized carbons (Fsp3) is 0.250. The number of carbonyl (C=O) groups excluding carboxylic acids is 2. The maximum Gasteiger partial charge on any atom is 0.300 e. The minimum absolute atomic E-state index is 0.00720. The number of rotatable bonds is 7. The second-order valence-electron chi connectivity index (χ2n) is 8.19. The van der Waals surface area contributed by atoms with Gasteiger partial charge >= 0.3 is 0 Å². The smallest absolute Gasteiger partial charge is 0.300 e. The van der Waals surface area contributed by atoms with Crippen LogP contribution in [0.3, 0.4) is 0 Å². The highest BCUT2D eigenvalue weighted by molar-refractivity contribution is 6.51. The Morgan fingerprint density at radius 1 is 1.00 bits per heavy atom. The first-order chi connectivity index (χ1) is 16.9. The number of aryl methyl sites for hydroxylation is 1.